The van der Waals surface area contributed by atoms with Crippen LogP contribution in [0.3, 0.4) is 0 Å². The van der Waals surface area contributed by atoms with E-state index in [-0.39, 0.29) is 11.2 Å². The molecule has 6 nitrogen and oxygen atoms in total. The first-order valence-corrected chi connectivity index (χ1v) is 2.88. The maximum atomic E-state index is 10.9. The molecule has 11 heavy (non-hydrogen) atoms. The summed E-state index contributed by atoms with van der Waals surface area (Å²) in [6, 6.07) is 0. The van der Waals surface area contributed by atoms with E-state index in [0.717, 1.165) is 0 Å². The van der Waals surface area contributed by atoms with Crippen LogP contribution in [0.4, 0.5) is 0 Å². The second kappa shape index (κ2) is 1.82. The van der Waals surface area contributed by atoms with Crippen LogP contribution in [0, 0.1) is 5.41 Å². The van der Waals surface area contributed by atoms with Crippen molar-refractivity contribution in [1.82, 2.24) is 15.4 Å². The second-order valence-corrected chi connectivity index (χ2v) is 2.02. The Balaban J connectivity index is 3.10. The number of hydrogen-bond acceptors (Lipinski definition) is 4. The van der Waals surface area contributed by atoms with Gasteiger partial charge in [0.15, 0.2) is 5.36 Å². The number of H-pyrrole nitrogens is 1. The molecule has 0 aromatic carbocycles. The van der Waals surface area contributed by atoms with Gasteiger partial charge in [-0.25, -0.2) is 10.1 Å². The molecule has 2 N–H and O–H groups in total. The van der Waals surface area contributed by atoms with Gasteiger partial charge in [0.25, 0.3) is 5.56 Å². The summed E-state index contributed by atoms with van der Waals surface area (Å²) in [6.07, 6.45) is 1.39. The number of nitrogens with zero attached hydrogens (tertiary/aromatic N) is 3. The smallest absolute Gasteiger partial charge is 0.283 e. The van der Waals surface area contributed by atoms with Crippen LogP contribution in [0.25, 0.3) is 6.08 Å². The molecule has 0 spiro atoms. The first kappa shape index (κ1) is 5.90. The van der Waals surface area contributed by atoms with Crippen LogP contribution in [0.1, 0.15) is 0 Å². The SMILES string of the molecule is N=C1C=c2nn[nH]c(=O)c2=N1. The van der Waals surface area contributed by atoms with Crippen molar-refractivity contribution in [3.8, 4) is 0 Å². The van der Waals surface area contributed by atoms with Crippen molar-refractivity contribution in [3.63, 3.8) is 0 Å². The van der Waals surface area contributed by atoms with Crippen LogP contribution in [-0.2, 0) is 0 Å². The van der Waals surface area contributed by atoms with Crippen LogP contribution in [-0.4, -0.2) is 21.2 Å². The molecule has 0 radical (unpaired) electrons. The molecule has 54 valence electrons. The van der Waals surface area contributed by atoms with Crippen molar-refractivity contribution in [2.45, 2.75) is 0 Å². The average Bonchev–Trinajstić information content (AvgIpc) is 2.31. The Bertz CT molecular complexity index is 484. The van der Waals surface area contributed by atoms with Gasteiger partial charge in [0.2, 0.25) is 0 Å². The Morgan fingerprint density at radius 2 is 2.36 bits per heavy atom. The van der Waals surface area contributed by atoms with Crippen LogP contribution < -0.4 is 16.3 Å². The fourth-order valence-electron chi connectivity index (χ4n) is 0.828. The topological polar surface area (TPSA) is 94.9 Å². The fraction of sp³-hybridized carbons (Fsp3) is 0. The van der Waals surface area contributed by atoms with E-state index in [9.17, 15) is 4.79 Å². The lowest BCUT2D eigenvalue weighted by atomic mass is 10.5. The van der Waals surface area contributed by atoms with E-state index in [1.807, 2.05) is 0 Å². The van der Waals surface area contributed by atoms with Gasteiger partial charge in [0, 0.05) is 6.08 Å². The van der Waals surface area contributed by atoms with Crippen LogP contribution in [0.2, 0.25) is 0 Å². The zero-order valence-corrected chi connectivity index (χ0v) is 5.33. The molecule has 0 aliphatic carbocycles. The molecular weight excluding hydrogens is 146 g/mol. The molecule has 0 unspecified atom stereocenters. The van der Waals surface area contributed by atoms with Gasteiger partial charge in [0.1, 0.15) is 11.2 Å². The summed E-state index contributed by atoms with van der Waals surface area (Å²) in [5.74, 6) is 0.0333. The lowest BCUT2D eigenvalue weighted by molar-refractivity contribution is 0.803. The van der Waals surface area contributed by atoms with Crippen LogP contribution in [0.5, 0.6) is 0 Å². The normalized spacial score (nSPS) is 13.6. The summed E-state index contributed by atoms with van der Waals surface area (Å²) in [7, 11) is 0. The maximum absolute atomic E-state index is 10.9. The molecule has 0 saturated heterocycles. The minimum Gasteiger partial charge on any atom is -0.283 e. The Kier molecular flexibility index (Phi) is 0.974. The van der Waals surface area contributed by atoms with E-state index >= 15 is 0 Å². The number of rotatable bonds is 0. The number of aromatic nitrogens is 3. The van der Waals surface area contributed by atoms with Crippen molar-refractivity contribution >= 4 is 11.9 Å². The van der Waals surface area contributed by atoms with E-state index in [0.29, 0.717) is 5.35 Å². The molecule has 6 heteroatoms. The maximum Gasteiger partial charge on any atom is 0.293 e. The molecule has 0 fully saturated rings. The zero-order chi connectivity index (χ0) is 7.84. The van der Waals surface area contributed by atoms with Crippen LogP contribution >= 0.6 is 0 Å². The Hall–Kier alpha value is -1.85. The standard InChI is InChI=1S/C5H3N5O/c6-3-1-2-4(7-3)5(11)9-10-8-2/h1,6H,(H,8,9,11). The van der Waals surface area contributed by atoms with Crippen LogP contribution in [0.15, 0.2) is 9.79 Å². The predicted molar refractivity (Wildman–Crippen MR) is 35.6 cm³/mol. The highest BCUT2D eigenvalue weighted by Crippen LogP contribution is 1.76. The summed E-state index contributed by atoms with van der Waals surface area (Å²) in [6.45, 7) is 0. The molecule has 0 saturated carbocycles. The molecular formula is C5H3N5O. The third kappa shape index (κ3) is 0.759. The van der Waals surface area contributed by atoms with E-state index in [1.165, 1.54) is 6.08 Å². The van der Waals surface area contributed by atoms with Crippen molar-refractivity contribution in [1.29, 1.82) is 5.41 Å². The largest absolute Gasteiger partial charge is 0.293 e. The highest BCUT2D eigenvalue weighted by molar-refractivity contribution is 6.08. The van der Waals surface area contributed by atoms with E-state index < -0.39 is 5.56 Å². The molecule has 1 aromatic heterocycles. The van der Waals surface area contributed by atoms with Crippen molar-refractivity contribution in [3.05, 3.63) is 21.1 Å². The Morgan fingerprint density at radius 3 is 3.09 bits per heavy atom. The summed E-state index contributed by atoms with van der Waals surface area (Å²) in [4.78, 5) is 14.5. The van der Waals surface area contributed by atoms with E-state index in [2.05, 4.69) is 20.4 Å². The van der Waals surface area contributed by atoms with E-state index in [4.69, 9.17) is 5.41 Å². The minimum atomic E-state index is -0.409. The lowest BCUT2D eigenvalue weighted by Crippen LogP contribution is -2.42. The number of amidine groups is 1. The third-order valence-corrected chi connectivity index (χ3v) is 1.27. The van der Waals surface area contributed by atoms with Gasteiger partial charge < -0.3 is 0 Å². The molecule has 1 aliphatic heterocycles. The van der Waals surface area contributed by atoms with Gasteiger partial charge in [-0.2, -0.15) is 0 Å². The zero-order valence-electron chi connectivity index (χ0n) is 5.33. The molecule has 0 bridgehead atoms. The van der Waals surface area contributed by atoms with E-state index in [1.54, 1.807) is 0 Å². The van der Waals surface area contributed by atoms with Crippen molar-refractivity contribution < 1.29 is 0 Å². The quantitative estimate of drug-likeness (QED) is 0.429. The number of aromatic amines is 1. The Labute approximate surface area is 59.8 Å². The third-order valence-electron chi connectivity index (χ3n) is 1.27. The van der Waals surface area contributed by atoms with Crippen molar-refractivity contribution in [2.75, 3.05) is 0 Å². The van der Waals surface area contributed by atoms with Gasteiger partial charge >= 0.3 is 0 Å². The van der Waals surface area contributed by atoms with Crippen molar-refractivity contribution in [2.24, 2.45) is 4.99 Å². The summed E-state index contributed by atoms with van der Waals surface area (Å²) in [5.41, 5.74) is -0.409. The summed E-state index contributed by atoms with van der Waals surface area (Å²) >= 11 is 0. The summed E-state index contributed by atoms with van der Waals surface area (Å²) in [5, 5.41) is 16.6. The predicted octanol–water partition coefficient (Wildman–Crippen LogP) is -2.44. The molecule has 1 aliphatic rings. The molecule has 0 amide bonds. The molecule has 1 aromatic rings. The average molecular weight is 149 g/mol. The molecule has 0 atom stereocenters. The second-order valence-electron chi connectivity index (χ2n) is 2.02. The highest BCUT2D eigenvalue weighted by atomic mass is 16.1. The first-order valence-electron chi connectivity index (χ1n) is 2.88. The van der Waals surface area contributed by atoms with Gasteiger partial charge in [-0.05, 0) is 0 Å². The molecule has 2 heterocycles. The number of hydrogen-bond donors (Lipinski definition) is 2. The number of nitrogens with one attached hydrogen (secondary N) is 2. The van der Waals surface area contributed by atoms with Gasteiger partial charge in [-0.15, -0.1) is 5.10 Å². The first-order chi connectivity index (χ1) is 5.27. The highest BCUT2D eigenvalue weighted by Gasteiger charge is 2.03. The van der Waals surface area contributed by atoms with Gasteiger partial charge in [0.05, 0.1) is 0 Å². The monoisotopic (exact) mass is 149 g/mol. The minimum absolute atomic E-state index is 0.0333. The van der Waals surface area contributed by atoms with Gasteiger partial charge in [-0.1, -0.05) is 5.21 Å². The fourth-order valence-corrected chi connectivity index (χ4v) is 0.828. The number of fused-ring (bicyclic) bond motifs is 1. The Morgan fingerprint density at radius 1 is 1.55 bits per heavy atom. The summed E-state index contributed by atoms with van der Waals surface area (Å²) < 4.78 is 0. The molecule has 2 rings (SSSR count). The van der Waals surface area contributed by atoms with Gasteiger partial charge in [-0.3, -0.25) is 10.2 Å². The lowest BCUT2D eigenvalue weighted by Gasteiger charge is -1.77.